The highest BCUT2D eigenvalue weighted by molar-refractivity contribution is 5.80. The lowest BCUT2D eigenvalue weighted by atomic mass is 10.5. The number of carbonyl (C=O) groups excluding carboxylic acids is 2. The SMILES string of the molecule is Nc1ccn(CC(=O)OCC(=O)NCC(F)(F)F)n1. The van der Waals surface area contributed by atoms with E-state index in [1.165, 1.54) is 16.9 Å². The van der Waals surface area contributed by atoms with Crippen molar-refractivity contribution in [3.05, 3.63) is 12.3 Å². The van der Waals surface area contributed by atoms with Gasteiger partial charge in [0.2, 0.25) is 0 Å². The summed E-state index contributed by atoms with van der Waals surface area (Å²) in [5, 5.41) is 5.25. The maximum Gasteiger partial charge on any atom is 0.405 e. The van der Waals surface area contributed by atoms with Gasteiger partial charge in [0.25, 0.3) is 5.91 Å². The Morgan fingerprint density at radius 1 is 1.47 bits per heavy atom. The van der Waals surface area contributed by atoms with E-state index in [4.69, 9.17) is 5.73 Å². The molecular formula is C9H11F3N4O3. The summed E-state index contributed by atoms with van der Waals surface area (Å²) in [6.45, 7) is -2.55. The van der Waals surface area contributed by atoms with E-state index in [1.54, 1.807) is 5.32 Å². The number of alkyl halides is 3. The smallest absolute Gasteiger partial charge is 0.405 e. The van der Waals surface area contributed by atoms with Gasteiger partial charge in [0.1, 0.15) is 18.9 Å². The van der Waals surface area contributed by atoms with Gasteiger partial charge in [-0.15, -0.1) is 0 Å². The molecule has 1 heterocycles. The van der Waals surface area contributed by atoms with Crippen LogP contribution in [0.3, 0.4) is 0 Å². The first-order chi connectivity index (χ1) is 8.76. The minimum atomic E-state index is -4.51. The number of hydrogen-bond donors (Lipinski definition) is 2. The summed E-state index contributed by atoms with van der Waals surface area (Å²) < 4.78 is 40.9. The number of amides is 1. The lowest BCUT2D eigenvalue weighted by Gasteiger charge is -2.08. The highest BCUT2D eigenvalue weighted by Gasteiger charge is 2.27. The number of nitrogens with one attached hydrogen (secondary N) is 1. The van der Waals surface area contributed by atoms with Gasteiger partial charge < -0.3 is 15.8 Å². The standard InChI is InChI=1S/C9H11F3N4O3/c10-9(11,12)5-14-7(17)4-19-8(18)3-16-2-1-6(13)15-16/h1-2H,3-5H2,(H2,13,15)(H,14,17). The van der Waals surface area contributed by atoms with Crippen molar-refractivity contribution in [1.82, 2.24) is 15.1 Å². The van der Waals surface area contributed by atoms with E-state index >= 15 is 0 Å². The number of esters is 1. The molecule has 1 rings (SSSR count). The lowest BCUT2D eigenvalue weighted by molar-refractivity contribution is -0.151. The molecule has 0 aromatic carbocycles. The molecule has 7 nitrogen and oxygen atoms in total. The molecule has 0 aliphatic heterocycles. The molecule has 3 N–H and O–H groups in total. The molecule has 0 atom stereocenters. The van der Waals surface area contributed by atoms with Crippen molar-refractivity contribution in [1.29, 1.82) is 0 Å². The summed E-state index contributed by atoms with van der Waals surface area (Å²) in [5.74, 6) is -1.65. The van der Waals surface area contributed by atoms with Crippen molar-refractivity contribution in [3.63, 3.8) is 0 Å². The van der Waals surface area contributed by atoms with Gasteiger partial charge in [0.05, 0.1) is 0 Å². The minimum Gasteiger partial charge on any atom is -0.454 e. The van der Waals surface area contributed by atoms with Gasteiger partial charge in [-0.3, -0.25) is 14.3 Å². The number of nitrogens with two attached hydrogens (primary N) is 1. The third-order valence-corrected chi connectivity index (χ3v) is 1.80. The highest BCUT2D eigenvalue weighted by Crippen LogP contribution is 2.11. The van der Waals surface area contributed by atoms with Gasteiger partial charge in [0.15, 0.2) is 6.61 Å². The van der Waals surface area contributed by atoms with Crippen molar-refractivity contribution in [2.45, 2.75) is 12.7 Å². The van der Waals surface area contributed by atoms with E-state index in [0.29, 0.717) is 0 Å². The second-order valence-electron chi connectivity index (χ2n) is 3.49. The number of carbonyl (C=O) groups is 2. The Morgan fingerprint density at radius 2 is 2.16 bits per heavy atom. The molecule has 0 bridgehead atoms. The number of nitrogen functional groups attached to an aromatic ring is 1. The summed E-state index contributed by atoms with van der Waals surface area (Å²) in [7, 11) is 0. The third-order valence-electron chi connectivity index (χ3n) is 1.80. The summed E-state index contributed by atoms with van der Waals surface area (Å²) in [4.78, 5) is 22.1. The van der Waals surface area contributed by atoms with Crippen LogP contribution in [0.25, 0.3) is 0 Å². The molecule has 0 unspecified atom stereocenters. The fraction of sp³-hybridized carbons (Fsp3) is 0.444. The average molecular weight is 280 g/mol. The van der Waals surface area contributed by atoms with E-state index in [2.05, 4.69) is 9.84 Å². The Hall–Kier alpha value is -2.26. The number of nitrogens with zero attached hydrogens (tertiary/aromatic N) is 2. The first-order valence-electron chi connectivity index (χ1n) is 5.04. The van der Waals surface area contributed by atoms with Gasteiger partial charge in [0, 0.05) is 6.20 Å². The zero-order valence-corrected chi connectivity index (χ0v) is 9.61. The predicted octanol–water partition coefficient (Wildman–Crippen LogP) is -0.313. The lowest BCUT2D eigenvalue weighted by Crippen LogP contribution is -2.36. The molecular weight excluding hydrogens is 269 g/mol. The van der Waals surface area contributed by atoms with Crippen LogP contribution in [0.5, 0.6) is 0 Å². The molecule has 1 amide bonds. The maximum atomic E-state index is 11.8. The summed E-state index contributed by atoms with van der Waals surface area (Å²) in [6.07, 6.45) is -3.09. The van der Waals surface area contributed by atoms with Crippen LogP contribution in [-0.4, -0.2) is 41.0 Å². The van der Waals surface area contributed by atoms with E-state index in [9.17, 15) is 22.8 Å². The zero-order valence-electron chi connectivity index (χ0n) is 9.61. The second kappa shape index (κ2) is 6.07. The Morgan fingerprint density at radius 3 is 2.68 bits per heavy atom. The van der Waals surface area contributed by atoms with Crippen LogP contribution in [0, 0.1) is 0 Å². The van der Waals surface area contributed by atoms with Gasteiger partial charge in [-0.1, -0.05) is 0 Å². The summed E-state index contributed by atoms with van der Waals surface area (Å²) in [5.41, 5.74) is 5.30. The number of halogens is 3. The molecule has 10 heteroatoms. The van der Waals surface area contributed by atoms with Crippen LogP contribution in [0.15, 0.2) is 12.3 Å². The van der Waals surface area contributed by atoms with Gasteiger partial charge in [-0.25, -0.2) is 0 Å². The van der Waals surface area contributed by atoms with Gasteiger partial charge in [-0.05, 0) is 6.07 Å². The predicted molar refractivity (Wildman–Crippen MR) is 56.7 cm³/mol. The van der Waals surface area contributed by atoms with Crippen LogP contribution in [-0.2, 0) is 20.9 Å². The quantitative estimate of drug-likeness (QED) is 0.721. The summed E-state index contributed by atoms with van der Waals surface area (Å²) in [6, 6.07) is 1.45. The first kappa shape index (κ1) is 14.8. The fourth-order valence-electron chi connectivity index (χ4n) is 1.04. The number of hydrogen-bond acceptors (Lipinski definition) is 5. The van der Waals surface area contributed by atoms with E-state index in [1.807, 2.05) is 0 Å². The largest absolute Gasteiger partial charge is 0.454 e. The van der Waals surface area contributed by atoms with Crippen LogP contribution in [0.2, 0.25) is 0 Å². The highest BCUT2D eigenvalue weighted by atomic mass is 19.4. The molecule has 19 heavy (non-hydrogen) atoms. The minimum absolute atomic E-state index is 0.204. The van der Waals surface area contributed by atoms with Crippen molar-refractivity contribution < 1.29 is 27.5 Å². The second-order valence-corrected chi connectivity index (χ2v) is 3.49. The van der Waals surface area contributed by atoms with Crippen molar-refractivity contribution in [2.75, 3.05) is 18.9 Å². The number of rotatable bonds is 5. The number of aromatic nitrogens is 2. The van der Waals surface area contributed by atoms with Gasteiger partial charge >= 0.3 is 12.1 Å². The molecule has 0 spiro atoms. The Kier molecular flexibility index (Phi) is 4.73. The van der Waals surface area contributed by atoms with E-state index < -0.39 is 31.2 Å². The van der Waals surface area contributed by atoms with Crippen LogP contribution in [0.4, 0.5) is 19.0 Å². The van der Waals surface area contributed by atoms with E-state index in [0.717, 1.165) is 0 Å². The molecule has 0 aliphatic carbocycles. The van der Waals surface area contributed by atoms with Crippen LogP contribution >= 0.6 is 0 Å². The molecule has 0 saturated heterocycles. The maximum absolute atomic E-state index is 11.8. The Labute approximate surface area is 105 Å². The van der Waals surface area contributed by atoms with Crippen molar-refractivity contribution in [3.8, 4) is 0 Å². The molecule has 0 fully saturated rings. The van der Waals surface area contributed by atoms with Crippen molar-refractivity contribution >= 4 is 17.7 Å². The number of ether oxygens (including phenoxy) is 1. The van der Waals surface area contributed by atoms with Gasteiger partial charge in [-0.2, -0.15) is 18.3 Å². The van der Waals surface area contributed by atoms with Crippen molar-refractivity contribution in [2.24, 2.45) is 0 Å². The monoisotopic (exact) mass is 280 g/mol. The topological polar surface area (TPSA) is 99.2 Å². The molecule has 1 aromatic heterocycles. The molecule has 0 aliphatic rings. The molecule has 0 radical (unpaired) electrons. The van der Waals surface area contributed by atoms with E-state index in [-0.39, 0.29) is 12.4 Å². The number of anilines is 1. The Balaban J connectivity index is 2.25. The summed E-state index contributed by atoms with van der Waals surface area (Å²) >= 11 is 0. The molecule has 106 valence electrons. The fourth-order valence-corrected chi connectivity index (χ4v) is 1.04. The normalized spacial score (nSPS) is 11.1. The zero-order chi connectivity index (χ0) is 14.5. The third kappa shape index (κ3) is 6.29. The first-order valence-corrected chi connectivity index (χ1v) is 5.04. The Bertz CT molecular complexity index is 458. The van der Waals surface area contributed by atoms with Crippen LogP contribution in [0.1, 0.15) is 0 Å². The molecule has 0 saturated carbocycles. The van der Waals surface area contributed by atoms with Crippen LogP contribution < -0.4 is 11.1 Å². The molecule has 1 aromatic rings. The average Bonchev–Trinajstić information content (AvgIpc) is 2.68.